The minimum Gasteiger partial charge on any atom is -0.349 e. The van der Waals surface area contributed by atoms with E-state index >= 15 is 0 Å². The van der Waals surface area contributed by atoms with E-state index in [2.05, 4.69) is 5.32 Å². The second kappa shape index (κ2) is 7.98. The Bertz CT molecular complexity index is 850. The van der Waals surface area contributed by atoms with Gasteiger partial charge in [-0.1, -0.05) is 0 Å². The first-order valence-corrected chi connectivity index (χ1v) is 13.6. The van der Waals surface area contributed by atoms with Crippen molar-refractivity contribution in [2.75, 3.05) is 37.5 Å². The standard InChI is InChI=1S/C19H30N4O5S2/c1-13(24)22-12-29-11-16(22)18(26)21-7-4-6-19(9-14(19)10-21)20-17(25)15-5-3-8-23(15)30(2,27)28/h14-16H,3-12H2,1-2H3,(H,20,25)/t14?,15?,16-,19?/m1/s1. The van der Waals surface area contributed by atoms with Crippen molar-refractivity contribution < 1.29 is 22.8 Å². The molecule has 0 radical (unpaired) electrons. The number of rotatable bonds is 4. The fourth-order valence-electron chi connectivity index (χ4n) is 5.18. The molecule has 0 spiro atoms. The largest absolute Gasteiger partial charge is 0.349 e. The van der Waals surface area contributed by atoms with Crippen molar-refractivity contribution >= 4 is 39.5 Å². The quantitative estimate of drug-likeness (QED) is 0.627. The molecule has 0 bridgehead atoms. The van der Waals surface area contributed by atoms with E-state index in [1.165, 1.54) is 11.2 Å². The van der Waals surface area contributed by atoms with Crippen molar-refractivity contribution in [3.63, 3.8) is 0 Å². The first-order valence-electron chi connectivity index (χ1n) is 10.5. The molecule has 3 aliphatic heterocycles. The second-order valence-corrected chi connectivity index (χ2v) is 11.9. The van der Waals surface area contributed by atoms with Gasteiger partial charge in [0.15, 0.2) is 0 Å². The SMILES string of the molecule is CC(=O)N1CSC[C@@H]1C(=O)N1CCCC2(NC(=O)C3CCCN3S(C)(=O)=O)CC2C1. The molecule has 1 N–H and O–H groups in total. The first-order chi connectivity index (χ1) is 14.1. The van der Waals surface area contributed by atoms with Gasteiger partial charge in [0.05, 0.1) is 12.1 Å². The number of thioether (sulfide) groups is 1. The number of nitrogens with zero attached hydrogens (tertiary/aromatic N) is 3. The number of nitrogens with one attached hydrogen (secondary N) is 1. The molecule has 3 saturated heterocycles. The van der Waals surface area contributed by atoms with Gasteiger partial charge in [0, 0.05) is 43.8 Å². The molecule has 4 aliphatic rings. The summed E-state index contributed by atoms with van der Waals surface area (Å²) in [6.45, 7) is 3.09. The highest BCUT2D eigenvalue weighted by atomic mass is 32.2. The molecule has 168 valence electrons. The van der Waals surface area contributed by atoms with E-state index in [0.29, 0.717) is 44.1 Å². The lowest BCUT2D eigenvalue weighted by atomic mass is 10.1. The zero-order valence-corrected chi connectivity index (χ0v) is 19.1. The summed E-state index contributed by atoms with van der Waals surface area (Å²) in [7, 11) is -3.41. The zero-order valence-electron chi connectivity index (χ0n) is 17.5. The van der Waals surface area contributed by atoms with Gasteiger partial charge in [-0.25, -0.2) is 8.42 Å². The van der Waals surface area contributed by atoms with Crippen LogP contribution in [0, 0.1) is 5.92 Å². The molecule has 30 heavy (non-hydrogen) atoms. The predicted molar refractivity (Wildman–Crippen MR) is 113 cm³/mol. The summed E-state index contributed by atoms with van der Waals surface area (Å²) in [5.74, 6) is 1.08. The highest BCUT2D eigenvalue weighted by Gasteiger charge is 2.57. The van der Waals surface area contributed by atoms with Crippen LogP contribution in [0.4, 0.5) is 0 Å². The second-order valence-electron chi connectivity index (χ2n) is 8.97. The van der Waals surface area contributed by atoms with Crippen LogP contribution in [0.5, 0.6) is 0 Å². The highest BCUT2D eigenvalue weighted by Crippen LogP contribution is 2.49. The summed E-state index contributed by atoms with van der Waals surface area (Å²) in [6.07, 6.45) is 4.76. The lowest BCUT2D eigenvalue weighted by molar-refractivity contribution is -0.142. The van der Waals surface area contributed by atoms with Crippen LogP contribution in [-0.2, 0) is 24.4 Å². The third kappa shape index (κ3) is 4.08. The van der Waals surface area contributed by atoms with Crippen molar-refractivity contribution in [1.29, 1.82) is 0 Å². The van der Waals surface area contributed by atoms with Crippen LogP contribution < -0.4 is 5.32 Å². The smallest absolute Gasteiger partial charge is 0.246 e. The topological polar surface area (TPSA) is 107 Å². The highest BCUT2D eigenvalue weighted by molar-refractivity contribution is 7.99. The molecule has 0 aromatic rings. The summed E-state index contributed by atoms with van der Waals surface area (Å²) in [6, 6.07) is -1.02. The summed E-state index contributed by atoms with van der Waals surface area (Å²) < 4.78 is 25.3. The molecule has 3 unspecified atom stereocenters. The Kier molecular flexibility index (Phi) is 5.82. The fraction of sp³-hybridized carbons (Fsp3) is 0.842. The van der Waals surface area contributed by atoms with Crippen LogP contribution in [0.3, 0.4) is 0 Å². The lowest BCUT2D eigenvalue weighted by Gasteiger charge is -2.28. The van der Waals surface area contributed by atoms with Gasteiger partial charge in [-0.05, 0) is 32.1 Å². The predicted octanol–water partition coefficient (Wildman–Crippen LogP) is -0.171. The minimum atomic E-state index is -3.41. The molecule has 4 atom stereocenters. The number of likely N-dealkylation sites (tertiary alicyclic amines) is 1. The van der Waals surface area contributed by atoms with Crippen LogP contribution in [0.15, 0.2) is 0 Å². The van der Waals surface area contributed by atoms with Crippen LogP contribution in [0.2, 0.25) is 0 Å². The number of hydrogen-bond acceptors (Lipinski definition) is 6. The number of carbonyl (C=O) groups excluding carboxylic acids is 3. The van der Waals surface area contributed by atoms with Gasteiger partial charge in [-0.15, -0.1) is 11.8 Å². The summed E-state index contributed by atoms with van der Waals surface area (Å²) in [4.78, 5) is 41.3. The van der Waals surface area contributed by atoms with Gasteiger partial charge >= 0.3 is 0 Å². The first kappa shape index (κ1) is 21.9. The van der Waals surface area contributed by atoms with Gasteiger partial charge in [0.25, 0.3) is 0 Å². The number of carbonyl (C=O) groups is 3. The van der Waals surface area contributed by atoms with E-state index in [1.54, 1.807) is 16.7 Å². The van der Waals surface area contributed by atoms with E-state index in [-0.39, 0.29) is 29.2 Å². The van der Waals surface area contributed by atoms with Crippen LogP contribution in [0.1, 0.15) is 39.0 Å². The van der Waals surface area contributed by atoms with Crippen molar-refractivity contribution in [2.24, 2.45) is 5.92 Å². The monoisotopic (exact) mass is 458 g/mol. The average Bonchev–Trinajstić information content (AvgIpc) is 3.05. The van der Waals surface area contributed by atoms with Crippen LogP contribution in [-0.4, -0.2) is 95.4 Å². The van der Waals surface area contributed by atoms with Gasteiger partial charge in [0.1, 0.15) is 12.1 Å². The third-order valence-corrected chi connectivity index (χ3v) is 9.21. The van der Waals surface area contributed by atoms with Gasteiger partial charge in [0.2, 0.25) is 27.7 Å². The molecule has 9 nitrogen and oxygen atoms in total. The molecule has 11 heteroatoms. The number of amides is 3. The summed E-state index contributed by atoms with van der Waals surface area (Å²) >= 11 is 1.60. The zero-order chi connectivity index (χ0) is 21.7. The molecule has 3 heterocycles. The Morgan fingerprint density at radius 2 is 1.90 bits per heavy atom. The van der Waals surface area contributed by atoms with E-state index in [4.69, 9.17) is 0 Å². The number of sulfonamides is 1. The van der Waals surface area contributed by atoms with E-state index in [0.717, 1.165) is 25.5 Å². The molecule has 4 rings (SSSR count). The average molecular weight is 459 g/mol. The van der Waals surface area contributed by atoms with Crippen LogP contribution in [0.25, 0.3) is 0 Å². The van der Waals surface area contributed by atoms with Crippen molar-refractivity contribution in [1.82, 2.24) is 19.4 Å². The Morgan fingerprint density at radius 3 is 2.60 bits per heavy atom. The molecule has 3 amide bonds. The molecule has 0 aromatic carbocycles. The number of fused-ring (bicyclic) bond motifs is 1. The Morgan fingerprint density at radius 1 is 1.13 bits per heavy atom. The van der Waals surface area contributed by atoms with Crippen molar-refractivity contribution in [2.45, 2.75) is 56.7 Å². The van der Waals surface area contributed by atoms with Gasteiger partial charge in [-0.2, -0.15) is 4.31 Å². The molecular formula is C19H30N4O5S2. The normalized spacial score (nSPS) is 34.4. The summed E-state index contributed by atoms with van der Waals surface area (Å²) in [5.41, 5.74) is -0.331. The van der Waals surface area contributed by atoms with Gasteiger partial charge < -0.3 is 15.1 Å². The van der Waals surface area contributed by atoms with Gasteiger partial charge in [-0.3, -0.25) is 14.4 Å². The molecule has 4 fully saturated rings. The summed E-state index contributed by atoms with van der Waals surface area (Å²) in [5, 5.41) is 3.16. The Balaban J connectivity index is 1.39. The van der Waals surface area contributed by atoms with E-state index in [9.17, 15) is 22.8 Å². The number of hydrogen-bond donors (Lipinski definition) is 1. The molecule has 1 saturated carbocycles. The lowest BCUT2D eigenvalue weighted by Crippen LogP contribution is -2.50. The maximum Gasteiger partial charge on any atom is 0.246 e. The molecule has 1 aliphatic carbocycles. The molecule has 0 aromatic heterocycles. The Hall–Kier alpha value is -1.33. The molecular weight excluding hydrogens is 428 g/mol. The van der Waals surface area contributed by atoms with Crippen molar-refractivity contribution in [3.05, 3.63) is 0 Å². The van der Waals surface area contributed by atoms with E-state index < -0.39 is 22.1 Å². The van der Waals surface area contributed by atoms with Crippen molar-refractivity contribution in [3.8, 4) is 0 Å². The minimum absolute atomic E-state index is 0.00303. The third-order valence-electron chi connectivity index (χ3n) is 6.91. The Labute approximate surface area is 181 Å². The van der Waals surface area contributed by atoms with E-state index in [1.807, 2.05) is 4.90 Å². The van der Waals surface area contributed by atoms with Crippen LogP contribution >= 0.6 is 11.8 Å². The maximum absolute atomic E-state index is 13.1. The maximum atomic E-state index is 13.1. The fourth-order valence-corrected chi connectivity index (χ4v) is 7.51.